The number of fused-ring (bicyclic) bond motifs is 1. The summed E-state index contributed by atoms with van der Waals surface area (Å²) in [5.41, 5.74) is 2.25. The normalized spacial score (nSPS) is 17.3. The van der Waals surface area contributed by atoms with Crippen LogP contribution in [0.5, 0.6) is 5.75 Å². The van der Waals surface area contributed by atoms with Crippen LogP contribution in [-0.2, 0) is 10.3 Å². The Morgan fingerprint density at radius 2 is 2.00 bits per heavy atom. The maximum Gasteiger partial charge on any atom is 0.290 e. The van der Waals surface area contributed by atoms with Crippen molar-refractivity contribution in [2.75, 3.05) is 6.61 Å². The van der Waals surface area contributed by atoms with Gasteiger partial charge in [-0.2, -0.15) is 0 Å². The molecule has 8 heteroatoms. The summed E-state index contributed by atoms with van der Waals surface area (Å²) in [4.78, 5) is 29.6. The lowest BCUT2D eigenvalue weighted by Crippen LogP contribution is -2.50. The van der Waals surface area contributed by atoms with Crippen molar-refractivity contribution in [2.45, 2.75) is 18.9 Å². The van der Waals surface area contributed by atoms with Gasteiger partial charge in [0, 0.05) is 12.6 Å². The Labute approximate surface area is 161 Å². The van der Waals surface area contributed by atoms with Gasteiger partial charge >= 0.3 is 0 Å². The first-order chi connectivity index (χ1) is 13.6. The molecule has 3 heterocycles. The maximum atomic E-state index is 12.7. The quantitative estimate of drug-likeness (QED) is 0.670. The minimum Gasteiger partial charge on any atom is -0.491 e. The molecule has 0 spiro atoms. The summed E-state index contributed by atoms with van der Waals surface area (Å²) in [5, 5.41) is 10.0. The number of nitrogens with zero attached hydrogens (tertiary/aromatic N) is 2. The number of aryl methyl sites for hydroxylation is 1. The number of aromatic nitrogens is 2. The molecular weight excluding hydrogens is 362 g/mol. The highest BCUT2D eigenvalue weighted by atomic mass is 16.5. The number of ether oxygens (including phenoxy) is 1. The molecule has 3 aromatic rings. The summed E-state index contributed by atoms with van der Waals surface area (Å²) < 4.78 is 10.7. The molecule has 0 aliphatic carbocycles. The summed E-state index contributed by atoms with van der Waals surface area (Å²) in [7, 11) is 0. The van der Waals surface area contributed by atoms with Crippen molar-refractivity contribution in [3.8, 4) is 5.75 Å². The fraction of sp³-hybridized carbons (Fsp3) is 0.200. The smallest absolute Gasteiger partial charge is 0.290 e. The summed E-state index contributed by atoms with van der Waals surface area (Å²) >= 11 is 0. The second kappa shape index (κ2) is 8.34. The third kappa shape index (κ3) is 3.71. The van der Waals surface area contributed by atoms with Gasteiger partial charge in [-0.25, -0.2) is 4.98 Å². The summed E-state index contributed by atoms with van der Waals surface area (Å²) in [6.45, 7) is 2.26. The largest absolute Gasteiger partial charge is 0.491 e. The zero-order valence-electron chi connectivity index (χ0n) is 15.2. The summed E-state index contributed by atoms with van der Waals surface area (Å²) in [5.74, 6) is 0.364. The van der Waals surface area contributed by atoms with Gasteiger partial charge in [0.2, 0.25) is 0 Å². The van der Waals surface area contributed by atoms with Crippen LogP contribution >= 0.6 is 0 Å². The van der Waals surface area contributed by atoms with Gasteiger partial charge in [-0.1, -0.05) is 29.8 Å². The average molecular weight is 381 g/mol. The zero-order valence-corrected chi connectivity index (χ0v) is 15.2. The highest BCUT2D eigenvalue weighted by molar-refractivity contribution is 5.93. The fourth-order valence-electron chi connectivity index (χ4n) is 3.16. The Morgan fingerprint density at radius 1 is 1.25 bits per heavy atom. The van der Waals surface area contributed by atoms with Gasteiger partial charge in [-0.15, -0.1) is 0 Å². The van der Waals surface area contributed by atoms with Gasteiger partial charge in [-0.05, 0) is 24.6 Å². The second-order valence-corrected chi connectivity index (χ2v) is 6.15. The number of hydrogen-bond donors (Lipinski definition) is 2. The van der Waals surface area contributed by atoms with Crippen LogP contribution in [0.1, 0.15) is 33.7 Å². The molecule has 8 nitrogen and oxygen atoms in total. The predicted molar refractivity (Wildman–Crippen MR) is 99.0 cm³/mol. The van der Waals surface area contributed by atoms with Crippen LogP contribution in [0.2, 0.25) is 0 Å². The van der Waals surface area contributed by atoms with Gasteiger partial charge in [0.15, 0.2) is 12.1 Å². The Hall–Kier alpha value is -3.68. The molecule has 1 atom stereocenters. The molecule has 0 bridgehead atoms. The molecule has 28 heavy (non-hydrogen) atoms. The van der Waals surface area contributed by atoms with Gasteiger partial charge < -0.3 is 19.6 Å². The van der Waals surface area contributed by atoms with E-state index < -0.39 is 5.54 Å². The topological polar surface area (TPSA) is 115 Å². The zero-order chi connectivity index (χ0) is 20.0. The van der Waals surface area contributed by atoms with Gasteiger partial charge in [-0.3, -0.25) is 14.6 Å². The van der Waals surface area contributed by atoms with Gasteiger partial charge in [0.05, 0.1) is 6.61 Å². The molecule has 0 radical (unpaired) electrons. The Morgan fingerprint density at radius 3 is 2.68 bits per heavy atom. The number of carbonyl (C=O) groups is 2. The van der Waals surface area contributed by atoms with E-state index in [-0.39, 0.29) is 18.1 Å². The van der Waals surface area contributed by atoms with Crippen molar-refractivity contribution in [3.05, 3.63) is 77.8 Å². The van der Waals surface area contributed by atoms with E-state index in [4.69, 9.17) is 19.1 Å². The first-order valence-electron chi connectivity index (χ1n) is 8.54. The van der Waals surface area contributed by atoms with Crippen LogP contribution in [0.15, 0.2) is 59.7 Å². The van der Waals surface area contributed by atoms with Crippen LogP contribution in [-0.4, -0.2) is 34.1 Å². The number of nitrogens with one attached hydrogen (secondary N) is 1. The van der Waals surface area contributed by atoms with Crippen molar-refractivity contribution in [1.82, 2.24) is 15.3 Å². The third-order valence-electron chi connectivity index (χ3n) is 4.45. The lowest BCUT2D eigenvalue weighted by Gasteiger charge is -2.38. The minimum absolute atomic E-state index is 0.232. The molecule has 2 aromatic heterocycles. The Kier molecular flexibility index (Phi) is 5.69. The molecule has 4 rings (SSSR count). The number of carboxylic acid groups (broad SMARTS) is 1. The second-order valence-electron chi connectivity index (χ2n) is 6.15. The maximum absolute atomic E-state index is 12.7. The van der Waals surface area contributed by atoms with E-state index in [2.05, 4.69) is 15.3 Å². The van der Waals surface area contributed by atoms with E-state index in [1.54, 1.807) is 6.20 Å². The molecule has 144 valence electrons. The van der Waals surface area contributed by atoms with Crippen LogP contribution < -0.4 is 10.1 Å². The standard InChI is InChI=1S/C19H17N3O3.CH2O2/c1-13-4-6-14(7-5-13)19(22-18(23)15-11-24-12-21-15)8-10-25-16-3-2-9-20-17(16)19;2-1-3/h2-7,9,11-12H,8,10H2,1H3,(H,22,23);1H,(H,2,3)/t19-;/m0./s1. The SMILES string of the molecule is Cc1ccc([C@@]2(NC(=O)c3cocn3)CCOc3cccnc32)cc1.O=CO. The molecule has 0 fully saturated rings. The lowest BCUT2D eigenvalue weighted by atomic mass is 9.81. The van der Waals surface area contributed by atoms with E-state index in [1.165, 1.54) is 12.7 Å². The van der Waals surface area contributed by atoms with Crippen molar-refractivity contribution in [1.29, 1.82) is 0 Å². The number of carbonyl (C=O) groups excluding carboxylic acids is 1. The minimum atomic E-state index is -0.779. The van der Waals surface area contributed by atoms with Crippen molar-refractivity contribution in [2.24, 2.45) is 0 Å². The van der Waals surface area contributed by atoms with Gasteiger partial charge in [0.1, 0.15) is 23.2 Å². The first kappa shape index (κ1) is 19.1. The molecule has 2 N–H and O–H groups in total. The third-order valence-corrected chi connectivity index (χ3v) is 4.45. The number of pyridine rings is 1. The number of rotatable bonds is 3. The molecule has 0 saturated heterocycles. The van der Waals surface area contributed by atoms with Crippen LogP contribution in [0, 0.1) is 6.92 Å². The summed E-state index contributed by atoms with van der Waals surface area (Å²) in [6.07, 6.45) is 4.85. The van der Waals surface area contributed by atoms with Crippen LogP contribution in [0.3, 0.4) is 0 Å². The highest BCUT2D eigenvalue weighted by Crippen LogP contribution is 2.40. The molecule has 1 amide bonds. The van der Waals surface area contributed by atoms with Gasteiger partial charge in [0.25, 0.3) is 12.4 Å². The van der Waals surface area contributed by atoms with Crippen molar-refractivity contribution < 1.29 is 23.8 Å². The highest BCUT2D eigenvalue weighted by Gasteiger charge is 2.42. The molecule has 0 saturated carbocycles. The molecule has 1 aliphatic heterocycles. The molecular formula is C20H19N3O5. The van der Waals surface area contributed by atoms with Crippen LogP contribution in [0.25, 0.3) is 0 Å². The van der Waals surface area contributed by atoms with E-state index in [9.17, 15) is 4.79 Å². The number of benzene rings is 1. The Balaban J connectivity index is 0.000000706. The number of oxazole rings is 1. The molecule has 1 aliphatic rings. The van der Waals surface area contributed by atoms with Crippen molar-refractivity contribution >= 4 is 12.4 Å². The first-order valence-corrected chi connectivity index (χ1v) is 8.54. The van der Waals surface area contributed by atoms with E-state index >= 15 is 0 Å². The fourth-order valence-corrected chi connectivity index (χ4v) is 3.16. The van der Waals surface area contributed by atoms with E-state index in [0.29, 0.717) is 24.5 Å². The van der Waals surface area contributed by atoms with E-state index in [1.807, 2.05) is 43.3 Å². The molecule has 0 unspecified atom stereocenters. The Bertz CT molecular complexity index is 941. The average Bonchev–Trinajstić information content (AvgIpc) is 3.24. The molecule has 1 aromatic carbocycles. The number of amides is 1. The predicted octanol–water partition coefficient (Wildman–Crippen LogP) is 2.53. The van der Waals surface area contributed by atoms with E-state index in [0.717, 1.165) is 11.1 Å². The summed E-state index contributed by atoms with van der Waals surface area (Å²) in [6, 6.07) is 11.8. The van der Waals surface area contributed by atoms with Crippen molar-refractivity contribution in [3.63, 3.8) is 0 Å². The lowest BCUT2D eigenvalue weighted by molar-refractivity contribution is -0.122. The van der Waals surface area contributed by atoms with Crippen LogP contribution in [0.4, 0.5) is 0 Å². The monoisotopic (exact) mass is 381 g/mol. The number of hydrogen-bond acceptors (Lipinski definition) is 6.